The van der Waals surface area contributed by atoms with E-state index in [0.717, 1.165) is 31.2 Å². The molecule has 0 aliphatic rings. The van der Waals surface area contributed by atoms with E-state index in [4.69, 9.17) is 5.73 Å². The van der Waals surface area contributed by atoms with Gasteiger partial charge in [-0.1, -0.05) is 32.8 Å². The van der Waals surface area contributed by atoms with E-state index in [1.807, 2.05) is 16.7 Å². The van der Waals surface area contributed by atoms with Crippen molar-refractivity contribution in [3.8, 4) is 0 Å². The van der Waals surface area contributed by atoms with Crippen molar-refractivity contribution in [2.75, 3.05) is 12.3 Å². The largest absolute Gasteiger partial charge is 0.398 e. The molecule has 0 saturated carbocycles. The van der Waals surface area contributed by atoms with Gasteiger partial charge in [-0.3, -0.25) is 9.59 Å². The fraction of sp³-hybridized carbons (Fsp3) is 0.474. The predicted molar refractivity (Wildman–Crippen MR) is 99.5 cm³/mol. The van der Waals surface area contributed by atoms with Crippen LogP contribution in [0.5, 0.6) is 0 Å². The van der Waals surface area contributed by atoms with E-state index in [1.54, 1.807) is 12.3 Å². The number of amides is 1. The van der Waals surface area contributed by atoms with Gasteiger partial charge in [0.2, 0.25) is 5.43 Å². The highest BCUT2D eigenvalue weighted by Gasteiger charge is 2.18. The second-order valence-corrected chi connectivity index (χ2v) is 6.24. The number of nitrogens with two attached hydrogens (primary N) is 1. The van der Waals surface area contributed by atoms with Crippen LogP contribution in [0.3, 0.4) is 0 Å². The molecule has 1 atom stereocenters. The van der Waals surface area contributed by atoms with Crippen LogP contribution in [0.1, 0.15) is 62.9 Å². The van der Waals surface area contributed by atoms with Crippen LogP contribution in [-0.4, -0.2) is 17.0 Å². The Kier molecular flexibility index (Phi) is 6.01. The summed E-state index contributed by atoms with van der Waals surface area (Å²) in [5.74, 6) is -0.321. The lowest BCUT2D eigenvalue weighted by Gasteiger charge is -2.19. The molecule has 1 aromatic carbocycles. The van der Waals surface area contributed by atoms with Crippen LogP contribution < -0.4 is 16.5 Å². The van der Waals surface area contributed by atoms with Gasteiger partial charge in [-0.05, 0) is 31.9 Å². The lowest BCUT2D eigenvalue weighted by Crippen LogP contribution is -2.31. The van der Waals surface area contributed by atoms with Crippen LogP contribution >= 0.6 is 0 Å². The minimum atomic E-state index is -0.321. The van der Waals surface area contributed by atoms with Crippen LogP contribution in [0.4, 0.5) is 5.69 Å². The standard InChI is InChI=1S/C19H27N3O2/c1-4-6-7-11-21-19(24)14-12-22(13(3)5-2)16-10-8-9-15(20)17(16)18(14)23/h8-10,12-13H,4-7,11,20H2,1-3H3,(H,21,24). The third kappa shape index (κ3) is 3.61. The molecule has 5 heteroatoms. The van der Waals surface area contributed by atoms with E-state index in [1.165, 1.54) is 0 Å². The summed E-state index contributed by atoms with van der Waals surface area (Å²) in [5, 5.41) is 3.28. The number of anilines is 1. The van der Waals surface area contributed by atoms with E-state index in [9.17, 15) is 9.59 Å². The highest BCUT2D eigenvalue weighted by atomic mass is 16.2. The number of rotatable bonds is 7. The first-order valence-electron chi connectivity index (χ1n) is 8.72. The van der Waals surface area contributed by atoms with Gasteiger partial charge in [-0.2, -0.15) is 0 Å². The molecule has 0 radical (unpaired) electrons. The molecule has 3 N–H and O–H groups in total. The van der Waals surface area contributed by atoms with Gasteiger partial charge in [-0.15, -0.1) is 0 Å². The number of unbranched alkanes of at least 4 members (excludes halogenated alkanes) is 2. The molecule has 0 spiro atoms. The molecule has 0 bridgehead atoms. The van der Waals surface area contributed by atoms with Crippen molar-refractivity contribution in [1.29, 1.82) is 0 Å². The third-order valence-corrected chi connectivity index (χ3v) is 4.47. The molecule has 1 amide bonds. The molecule has 5 nitrogen and oxygen atoms in total. The van der Waals surface area contributed by atoms with E-state index in [0.29, 0.717) is 17.6 Å². The zero-order valence-corrected chi connectivity index (χ0v) is 14.8. The van der Waals surface area contributed by atoms with Crippen molar-refractivity contribution in [2.24, 2.45) is 0 Å². The molecule has 1 aromatic heterocycles. The van der Waals surface area contributed by atoms with Gasteiger partial charge >= 0.3 is 0 Å². The summed E-state index contributed by atoms with van der Waals surface area (Å²) in [6, 6.07) is 5.58. The molecule has 0 aliphatic heterocycles. The molecule has 0 fully saturated rings. The average Bonchev–Trinajstić information content (AvgIpc) is 2.58. The Morgan fingerprint density at radius 2 is 2.04 bits per heavy atom. The summed E-state index contributed by atoms with van der Waals surface area (Å²) in [4.78, 5) is 25.3. The van der Waals surface area contributed by atoms with Crippen molar-refractivity contribution < 1.29 is 4.79 Å². The first-order chi connectivity index (χ1) is 11.5. The Hall–Kier alpha value is -2.30. The summed E-state index contributed by atoms with van der Waals surface area (Å²) < 4.78 is 1.98. The molecule has 1 heterocycles. The maximum atomic E-state index is 12.8. The highest BCUT2D eigenvalue weighted by Crippen LogP contribution is 2.23. The molecule has 24 heavy (non-hydrogen) atoms. The number of pyridine rings is 1. The van der Waals surface area contributed by atoms with Gasteiger partial charge in [0.05, 0.1) is 10.9 Å². The molecule has 2 aromatic rings. The van der Waals surface area contributed by atoms with Gasteiger partial charge in [0.15, 0.2) is 0 Å². The van der Waals surface area contributed by atoms with Gasteiger partial charge < -0.3 is 15.6 Å². The number of nitrogens with one attached hydrogen (secondary N) is 1. The summed E-state index contributed by atoms with van der Waals surface area (Å²) in [5.41, 5.74) is 7.09. The SMILES string of the molecule is CCCCCNC(=O)c1cn(C(C)CC)c2cccc(N)c2c1=O. The molecule has 0 aliphatic carbocycles. The number of aromatic nitrogens is 1. The van der Waals surface area contributed by atoms with Gasteiger partial charge in [0.25, 0.3) is 5.91 Å². The molecular formula is C19H27N3O2. The summed E-state index contributed by atoms with van der Waals surface area (Å²) in [6.45, 7) is 6.83. The fourth-order valence-electron chi connectivity index (χ4n) is 2.82. The van der Waals surface area contributed by atoms with Crippen molar-refractivity contribution >= 4 is 22.5 Å². The quantitative estimate of drug-likeness (QED) is 0.603. The zero-order chi connectivity index (χ0) is 17.7. The molecule has 1 unspecified atom stereocenters. The Morgan fingerprint density at radius 1 is 1.29 bits per heavy atom. The molecule has 2 rings (SSSR count). The number of carbonyl (C=O) groups is 1. The van der Waals surface area contributed by atoms with Crippen LogP contribution in [0.25, 0.3) is 10.9 Å². The maximum absolute atomic E-state index is 12.8. The first kappa shape index (κ1) is 18.0. The number of carbonyl (C=O) groups excluding carboxylic acids is 1. The third-order valence-electron chi connectivity index (χ3n) is 4.47. The second kappa shape index (κ2) is 7.99. The van der Waals surface area contributed by atoms with Crippen LogP contribution in [0.2, 0.25) is 0 Å². The van der Waals surface area contributed by atoms with E-state index in [-0.39, 0.29) is 22.9 Å². The average molecular weight is 329 g/mol. The minimum absolute atomic E-state index is 0.164. The predicted octanol–water partition coefficient (Wildman–Crippen LogP) is 3.47. The van der Waals surface area contributed by atoms with Crippen molar-refractivity contribution in [2.45, 2.75) is 52.5 Å². The summed E-state index contributed by atoms with van der Waals surface area (Å²) in [6.07, 6.45) is 5.63. The lowest BCUT2D eigenvalue weighted by molar-refractivity contribution is 0.0951. The number of nitrogens with zero attached hydrogens (tertiary/aromatic N) is 1. The number of hydrogen-bond acceptors (Lipinski definition) is 3. The molecule has 0 saturated heterocycles. The number of benzene rings is 1. The zero-order valence-electron chi connectivity index (χ0n) is 14.8. The first-order valence-corrected chi connectivity index (χ1v) is 8.72. The highest BCUT2D eigenvalue weighted by molar-refractivity contribution is 6.00. The minimum Gasteiger partial charge on any atom is -0.398 e. The number of fused-ring (bicyclic) bond motifs is 1. The topological polar surface area (TPSA) is 77.1 Å². The van der Waals surface area contributed by atoms with E-state index >= 15 is 0 Å². The Morgan fingerprint density at radius 3 is 2.71 bits per heavy atom. The summed E-state index contributed by atoms with van der Waals surface area (Å²) in [7, 11) is 0. The fourth-order valence-corrected chi connectivity index (χ4v) is 2.82. The Labute approximate surface area is 142 Å². The van der Waals surface area contributed by atoms with E-state index in [2.05, 4.69) is 26.1 Å². The van der Waals surface area contributed by atoms with E-state index < -0.39 is 0 Å². The summed E-state index contributed by atoms with van der Waals surface area (Å²) >= 11 is 0. The van der Waals surface area contributed by atoms with Crippen LogP contribution in [0.15, 0.2) is 29.2 Å². The Balaban J connectivity index is 2.50. The van der Waals surface area contributed by atoms with Crippen LogP contribution in [0, 0.1) is 0 Å². The smallest absolute Gasteiger partial charge is 0.256 e. The number of nitrogen functional groups attached to an aromatic ring is 1. The normalized spacial score (nSPS) is 12.3. The molecular weight excluding hydrogens is 302 g/mol. The number of hydrogen-bond donors (Lipinski definition) is 2. The van der Waals surface area contributed by atoms with Gasteiger partial charge in [-0.25, -0.2) is 0 Å². The van der Waals surface area contributed by atoms with Crippen molar-refractivity contribution in [3.05, 3.63) is 40.2 Å². The van der Waals surface area contributed by atoms with Crippen molar-refractivity contribution in [1.82, 2.24) is 9.88 Å². The van der Waals surface area contributed by atoms with Gasteiger partial charge in [0.1, 0.15) is 5.56 Å². The van der Waals surface area contributed by atoms with Gasteiger partial charge in [0, 0.05) is 24.5 Å². The van der Waals surface area contributed by atoms with Crippen LogP contribution in [-0.2, 0) is 0 Å². The maximum Gasteiger partial charge on any atom is 0.256 e. The monoisotopic (exact) mass is 329 g/mol. The second-order valence-electron chi connectivity index (χ2n) is 6.24. The lowest BCUT2D eigenvalue weighted by atomic mass is 10.1. The molecule has 130 valence electrons. The Bertz CT molecular complexity index is 780. The van der Waals surface area contributed by atoms with Crippen molar-refractivity contribution in [3.63, 3.8) is 0 Å².